The van der Waals surface area contributed by atoms with Gasteiger partial charge in [0.05, 0.1) is 0 Å². The molecule has 0 unspecified atom stereocenters. The lowest BCUT2D eigenvalue weighted by Crippen LogP contribution is -2.52. The van der Waals surface area contributed by atoms with Crippen molar-refractivity contribution >= 4 is 29.9 Å². The molecule has 1 aromatic carbocycles. The van der Waals surface area contributed by atoms with Gasteiger partial charge in [0.2, 0.25) is 0 Å². The minimum absolute atomic E-state index is 0. The molecule has 124 valence electrons. The van der Waals surface area contributed by atoms with Gasteiger partial charge in [0.25, 0.3) is 0 Å². The number of nitrogens with one attached hydrogen (secondary N) is 2. The van der Waals surface area contributed by atoms with Gasteiger partial charge < -0.3 is 10.6 Å². The number of aliphatic imine (C=N–C) groups is 1. The van der Waals surface area contributed by atoms with Crippen LogP contribution in [0.3, 0.4) is 0 Å². The molecule has 0 aliphatic heterocycles. The van der Waals surface area contributed by atoms with Gasteiger partial charge >= 0.3 is 0 Å². The van der Waals surface area contributed by atoms with Gasteiger partial charge in [0, 0.05) is 24.5 Å². The Morgan fingerprint density at radius 1 is 1.23 bits per heavy atom. The molecule has 1 aliphatic carbocycles. The first-order valence-electron chi connectivity index (χ1n) is 7.60. The summed E-state index contributed by atoms with van der Waals surface area (Å²) < 4.78 is 13.1. The van der Waals surface area contributed by atoms with Gasteiger partial charge in [0.15, 0.2) is 5.96 Å². The van der Waals surface area contributed by atoms with Gasteiger partial charge in [-0.3, -0.25) is 4.99 Å². The van der Waals surface area contributed by atoms with Crippen LogP contribution in [0, 0.1) is 5.82 Å². The zero-order chi connectivity index (χ0) is 15.5. The molecule has 0 radical (unpaired) electrons. The Balaban J connectivity index is 0.00000242. The number of hydrogen-bond acceptors (Lipinski definition) is 1. The predicted molar refractivity (Wildman–Crippen MR) is 102 cm³/mol. The summed E-state index contributed by atoms with van der Waals surface area (Å²) in [7, 11) is 1.78. The van der Waals surface area contributed by atoms with Crippen LogP contribution in [-0.2, 0) is 5.41 Å². The number of halogens is 2. The van der Waals surface area contributed by atoms with E-state index in [0.717, 1.165) is 25.3 Å². The van der Waals surface area contributed by atoms with E-state index in [1.165, 1.54) is 12.0 Å². The highest BCUT2D eigenvalue weighted by molar-refractivity contribution is 14.0. The Morgan fingerprint density at radius 3 is 2.23 bits per heavy atom. The van der Waals surface area contributed by atoms with Gasteiger partial charge in [-0.1, -0.05) is 18.6 Å². The van der Waals surface area contributed by atoms with Crippen LogP contribution in [0.15, 0.2) is 29.3 Å². The van der Waals surface area contributed by atoms with Gasteiger partial charge in [-0.15, -0.1) is 24.0 Å². The van der Waals surface area contributed by atoms with Crippen LogP contribution < -0.4 is 10.6 Å². The average Bonchev–Trinajstić information content (AvgIpc) is 2.36. The molecule has 0 atom stereocenters. The highest BCUT2D eigenvalue weighted by Gasteiger charge is 2.38. The zero-order valence-corrected chi connectivity index (χ0v) is 16.2. The van der Waals surface area contributed by atoms with E-state index in [-0.39, 0.29) is 40.7 Å². The monoisotopic (exact) mass is 419 g/mol. The summed E-state index contributed by atoms with van der Waals surface area (Å²) in [6.07, 6.45) is 3.50. The maximum Gasteiger partial charge on any atom is 0.191 e. The van der Waals surface area contributed by atoms with Crippen molar-refractivity contribution in [1.82, 2.24) is 10.6 Å². The lowest BCUT2D eigenvalue weighted by Gasteiger charge is -2.43. The van der Waals surface area contributed by atoms with Crippen LogP contribution >= 0.6 is 24.0 Å². The average molecular weight is 419 g/mol. The first-order chi connectivity index (χ1) is 9.85. The van der Waals surface area contributed by atoms with Crippen molar-refractivity contribution in [3.63, 3.8) is 0 Å². The maximum absolute atomic E-state index is 13.1. The second-order valence-electron chi connectivity index (χ2n) is 6.94. The van der Waals surface area contributed by atoms with Crippen LogP contribution in [0.25, 0.3) is 0 Å². The van der Waals surface area contributed by atoms with Gasteiger partial charge in [-0.05, 0) is 51.3 Å². The number of hydrogen-bond donors (Lipinski definition) is 2. The normalized spacial score (nSPS) is 17.2. The summed E-state index contributed by atoms with van der Waals surface area (Å²) in [5.41, 5.74) is 1.31. The van der Waals surface area contributed by atoms with Crippen LogP contribution in [0.2, 0.25) is 0 Å². The van der Waals surface area contributed by atoms with E-state index < -0.39 is 0 Å². The third-order valence-corrected chi connectivity index (χ3v) is 4.08. The molecule has 1 saturated carbocycles. The molecule has 5 heteroatoms. The first kappa shape index (κ1) is 19.2. The molecular weight excluding hydrogens is 392 g/mol. The molecule has 0 heterocycles. The molecule has 0 aromatic heterocycles. The third-order valence-electron chi connectivity index (χ3n) is 4.08. The van der Waals surface area contributed by atoms with Gasteiger partial charge in [-0.2, -0.15) is 0 Å². The van der Waals surface area contributed by atoms with Crippen molar-refractivity contribution in [2.24, 2.45) is 4.99 Å². The molecular formula is C17H27FIN3. The summed E-state index contributed by atoms with van der Waals surface area (Å²) in [5.74, 6) is 0.641. The molecule has 2 rings (SSSR count). The SMILES string of the molecule is CN=C(NCC1(c2ccc(F)cc2)CCC1)NC(C)(C)C.I. The maximum atomic E-state index is 13.1. The third kappa shape index (κ3) is 4.83. The van der Waals surface area contributed by atoms with Crippen molar-refractivity contribution in [2.75, 3.05) is 13.6 Å². The molecule has 0 saturated heterocycles. The standard InChI is InChI=1S/C17H26FN3.HI/c1-16(2,3)21-15(19-4)20-12-17(10-5-11-17)13-6-8-14(18)9-7-13;/h6-9H,5,10-12H2,1-4H3,(H2,19,20,21);1H. The Bertz CT molecular complexity index is 502. The highest BCUT2D eigenvalue weighted by atomic mass is 127. The predicted octanol–water partition coefficient (Wildman–Crippen LogP) is 3.83. The van der Waals surface area contributed by atoms with Gasteiger partial charge in [0.1, 0.15) is 5.82 Å². The number of guanidine groups is 1. The van der Waals surface area contributed by atoms with Crippen molar-refractivity contribution in [3.05, 3.63) is 35.6 Å². The van der Waals surface area contributed by atoms with E-state index in [4.69, 9.17) is 0 Å². The van der Waals surface area contributed by atoms with Crippen LogP contribution in [-0.4, -0.2) is 25.1 Å². The van der Waals surface area contributed by atoms with Crippen molar-refractivity contribution in [1.29, 1.82) is 0 Å². The second kappa shape index (κ2) is 7.62. The summed E-state index contributed by atoms with van der Waals surface area (Å²) in [4.78, 5) is 4.28. The van der Waals surface area contributed by atoms with Crippen LogP contribution in [0.5, 0.6) is 0 Å². The van der Waals surface area contributed by atoms with E-state index >= 15 is 0 Å². The molecule has 0 spiro atoms. The lowest BCUT2D eigenvalue weighted by atomic mass is 9.64. The van der Waals surface area contributed by atoms with E-state index in [9.17, 15) is 4.39 Å². The fourth-order valence-corrected chi connectivity index (χ4v) is 2.76. The minimum Gasteiger partial charge on any atom is -0.356 e. The highest BCUT2D eigenvalue weighted by Crippen LogP contribution is 2.43. The Hall–Kier alpha value is -0.850. The van der Waals surface area contributed by atoms with E-state index in [0.29, 0.717) is 0 Å². The van der Waals surface area contributed by atoms with Crippen LogP contribution in [0.1, 0.15) is 45.6 Å². The first-order valence-corrected chi connectivity index (χ1v) is 7.60. The number of rotatable bonds is 3. The molecule has 3 nitrogen and oxygen atoms in total. The molecule has 22 heavy (non-hydrogen) atoms. The van der Waals surface area contributed by atoms with Crippen molar-refractivity contribution < 1.29 is 4.39 Å². The fraction of sp³-hybridized carbons (Fsp3) is 0.588. The molecule has 0 bridgehead atoms. The molecule has 1 aliphatic rings. The number of nitrogens with zero attached hydrogens (tertiary/aromatic N) is 1. The molecule has 2 N–H and O–H groups in total. The van der Waals surface area contributed by atoms with E-state index in [1.807, 2.05) is 12.1 Å². The Morgan fingerprint density at radius 2 is 1.82 bits per heavy atom. The zero-order valence-electron chi connectivity index (χ0n) is 13.9. The largest absolute Gasteiger partial charge is 0.356 e. The summed E-state index contributed by atoms with van der Waals surface area (Å²) >= 11 is 0. The summed E-state index contributed by atoms with van der Waals surface area (Å²) in [6, 6.07) is 6.93. The van der Waals surface area contributed by atoms with Crippen molar-refractivity contribution in [3.8, 4) is 0 Å². The summed E-state index contributed by atoms with van der Waals surface area (Å²) in [5, 5.41) is 6.79. The Labute approximate surface area is 150 Å². The Kier molecular flexibility index (Phi) is 6.65. The van der Waals surface area contributed by atoms with E-state index in [1.54, 1.807) is 19.2 Å². The quantitative estimate of drug-likeness (QED) is 0.444. The summed E-state index contributed by atoms with van der Waals surface area (Å²) in [6.45, 7) is 7.16. The molecule has 1 aromatic rings. The molecule has 0 amide bonds. The van der Waals surface area contributed by atoms with Crippen LogP contribution in [0.4, 0.5) is 4.39 Å². The van der Waals surface area contributed by atoms with Crippen molar-refractivity contribution in [2.45, 2.75) is 51.0 Å². The lowest BCUT2D eigenvalue weighted by molar-refractivity contribution is 0.243. The minimum atomic E-state index is -0.175. The van der Waals surface area contributed by atoms with Gasteiger partial charge in [-0.25, -0.2) is 4.39 Å². The topological polar surface area (TPSA) is 36.4 Å². The second-order valence-corrected chi connectivity index (χ2v) is 6.94. The smallest absolute Gasteiger partial charge is 0.191 e. The number of benzene rings is 1. The van der Waals surface area contributed by atoms with E-state index in [2.05, 4.69) is 36.4 Å². The fourth-order valence-electron chi connectivity index (χ4n) is 2.76. The molecule has 1 fully saturated rings.